The molecule has 2 aliphatic rings. The van der Waals surface area contributed by atoms with Crippen molar-refractivity contribution in [1.82, 2.24) is 0 Å². The molecule has 1 spiro atoms. The van der Waals surface area contributed by atoms with Crippen molar-refractivity contribution < 1.29 is 9.53 Å². The second-order valence-electron chi connectivity index (χ2n) is 4.69. The van der Waals surface area contributed by atoms with Gasteiger partial charge in [-0.1, -0.05) is 24.3 Å². The third-order valence-electron chi connectivity index (χ3n) is 3.79. The molecule has 0 aromatic heterocycles. The Morgan fingerprint density at radius 3 is 3.06 bits per heavy atom. The van der Waals surface area contributed by atoms with Gasteiger partial charge < -0.3 is 10.1 Å². The summed E-state index contributed by atoms with van der Waals surface area (Å²) in [6.07, 6.45) is 2.61. The number of carbonyl (C=O) groups is 1. The Morgan fingerprint density at radius 1 is 1.50 bits per heavy atom. The Labute approximate surface area is 106 Å². The summed E-state index contributed by atoms with van der Waals surface area (Å²) in [5, 5.41) is 2.90. The quantitative estimate of drug-likeness (QED) is 0.808. The van der Waals surface area contributed by atoms with E-state index >= 15 is 0 Å². The van der Waals surface area contributed by atoms with Gasteiger partial charge in [-0.2, -0.15) is 0 Å². The van der Waals surface area contributed by atoms with Crippen molar-refractivity contribution in [3.63, 3.8) is 0 Å². The first-order valence-corrected chi connectivity index (χ1v) is 6.05. The van der Waals surface area contributed by atoms with Gasteiger partial charge in [-0.15, -0.1) is 6.58 Å². The molecule has 3 nitrogen and oxygen atoms in total. The number of para-hydroxylation sites is 1. The van der Waals surface area contributed by atoms with E-state index in [9.17, 15) is 4.79 Å². The molecule has 3 rings (SSSR count). The van der Waals surface area contributed by atoms with Gasteiger partial charge in [0.2, 0.25) is 0 Å². The van der Waals surface area contributed by atoms with Crippen molar-refractivity contribution in [3.8, 4) is 0 Å². The molecule has 0 radical (unpaired) electrons. The summed E-state index contributed by atoms with van der Waals surface area (Å²) >= 11 is 0. The molecule has 3 heteroatoms. The molecule has 18 heavy (non-hydrogen) atoms. The Balaban J connectivity index is 2.17. The number of fused-ring (bicyclic) bond motifs is 2. The minimum atomic E-state index is -0.908. The Bertz CT molecular complexity index is 574. The fourth-order valence-electron chi connectivity index (χ4n) is 2.79. The number of hydrogen-bond donors (Lipinski definition) is 1. The summed E-state index contributed by atoms with van der Waals surface area (Å²) in [6, 6.07) is 7.71. The number of carbonyl (C=O) groups excluding carboxylic acids is 1. The molecule has 0 saturated carbocycles. The topological polar surface area (TPSA) is 38.3 Å². The average molecular weight is 241 g/mol. The van der Waals surface area contributed by atoms with Crippen LogP contribution in [0.4, 0.5) is 5.69 Å². The zero-order valence-electron chi connectivity index (χ0n) is 10.3. The largest absolute Gasteiger partial charge is 0.352 e. The highest BCUT2D eigenvalue weighted by Gasteiger charge is 2.52. The number of rotatable bonds is 2. The van der Waals surface area contributed by atoms with Crippen LogP contribution in [0, 0.1) is 0 Å². The monoisotopic (exact) mass is 241 g/mol. The summed E-state index contributed by atoms with van der Waals surface area (Å²) in [6.45, 7) is 6.23. The summed E-state index contributed by atoms with van der Waals surface area (Å²) in [5.41, 5.74) is 3.02. The molecule has 0 fully saturated rings. The van der Waals surface area contributed by atoms with Crippen molar-refractivity contribution in [2.45, 2.75) is 18.9 Å². The average Bonchev–Trinajstić information content (AvgIpc) is 2.84. The van der Waals surface area contributed by atoms with E-state index in [0.29, 0.717) is 6.61 Å². The highest BCUT2D eigenvalue weighted by molar-refractivity contribution is 6.07. The molecule has 0 aliphatic carbocycles. The van der Waals surface area contributed by atoms with Crippen LogP contribution in [0.2, 0.25) is 0 Å². The molecule has 1 aromatic carbocycles. The highest BCUT2D eigenvalue weighted by Crippen LogP contribution is 2.48. The molecule has 0 saturated heterocycles. The molecule has 1 aromatic rings. The van der Waals surface area contributed by atoms with Crippen LogP contribution in [0.1, 0.15) is 18.9 Å². The number of nitrogens with one attached hydrogen (secondary N) is 1. The van der Waals surface area contributed by atoms with Gasteiger partial charge in [-0.25, -0.2) is 0 Å². The molecule has 92 valence electrons. The second-order valence-corrected chi connectivity index (χ2v) is 4.69. The van der Waals surface area contributed by atoms with Crippen LogP contribution in [0.5, 0.6) is 0 Å². The lowest BCUT2D eigenvalue weighted by Crippen LogP contribution is -2.35. The molecular formula is C15H15NO2. The second kappa shape index (κ2) is 3.82. The van der Waals surface area contributed by atoms with Crippen molar-refractivity contribution >= 4 is 11.6 Å². The SMILES string of the molecule is C=CCC1=C(C)[C@]2(OC1)C(=O)Nc1ccccc12. The number of anilines is 1. The molecule has 2 aliphatic heterocycles. The standard InChI is InChI=1S/C15H15NO2/c1-3-6-11-9-18-15(10(11)2)12-7-4-5-8-13(12)16-14(15)17/h3-5,7-8H,1,6,9H2,2H3,(H,16,17)/t15-/m1/s1. The van der Waals surface area contributed by atoms with Crippen LogP contribution >= 0.6 is 0 Å². The minimum Gasteiger partial charge on any atom is -0.352 e. The van der Waals surface area contributed by atoms with Gasteiger partial charge in [0.1, 0.15) is 0 Å². The van der Waals surface area contributed by atoms with Crippen molar-refractivity contribution in [2.75, 3.05) is 11.9 Å². The molecule has 1 atom stereocenters. The van der Waals surface area contributed by atoms with Gasteiger partial charge in [0.25, 0.3) is 5.91 Å². The number of allylic oxidation sites excluding steroid dienone is 1. The molecule has 1 amide bonds. The fourth-order valence-corrected chi connectivity index (χ4v) is 2.79. The van der Waals surface area contributed by atoms with Crippen LogP contribution in [-0.2, 0) is 15.1 Å². The summed E-state index contributed by atoms with van der Waals surface area (Å²) in [7, 11) is 0. The minimum absolute atomic E-state index is 0.0831. The highest BCUT2D eigenvalue weighted by atomic mass is 16.5. The van der Waals surface area contributed by atoms with E-state index in [1.807, 2.05) is 37.3 Å². The number of amides is 1. The van der Waals surface area contributed by atoms with E-state index in [1.165, 1.54) is 0 Å². The van der Waals surface area contributed by atoms with E-state index in [1.54, 1.807) is 0 Å². The summed E-state index contributed by atoms with van der Waals surface area (Å²) in [4.78, 5) is 12.3. The van der Waals surface area contributed by atoms with E-state index < -0.39 is 5.60 Å². The van der Waals surface area contributed by atoms with Crippen molar-refractivity contribution in [3.05, 3.63) is 53.6 Å². The van der Waals surface area contributed by atoms with Gasteiger partial charge in [-0.3, -0.25) is 4.79 Å². The molecule has 1 N–H and O–H groups in total. The number of ether oxygens (including phenoxy) is 1. The molecular weight excluding hydrogens is 226 g/mol. The van der Waals surface area contributed by atoms with Crippen LogP contribution in [0.15, 0.2) is 48.1 Å². The lowest BCUT2D eigenvalue weighted by molar-refractivity contribution is -0.133. The Kier molecular flexibility index (Phi) is 2.38. The van der Waals surface area contributed by atoms with Crippen molar-refractivity contribution in [1.29, 1.82) is 0 Å². The number of benzene rings is 1. The van der Waals surface area contributed by atoms with Crippen molar-refractivity contribution in [2.24, 2.45) is 0 Å². The Morgan fingerprint density at radius 2 is 2.28 bits per heavy atom. The maximum Gasteiger partial charge on any atom is 0.265 e. The lowest BCUT2D eigenvalue weighted by Gasteiger charge is -2.23. The van der Waals surface area contributed by atoms with Crippen LogP contribution < -0.4 is 5.32 Å². The third kappa shape index (κ3) is 1.25. The summed E-state index contributed by atoms with van der Waals surface area (Å²) < 4.78 is 5.88. The maximum absolute atomic E-state index is 12.3. The normalized spacial score (nSPS) is 25.5. The molecule has 0 bridgehead atoms. The first-order chi connectivity index (χ1) is 8.70. The van der Waals surface area contributed by atoms with Gasteiger partial charge >= 0.3 is 0 Å². The van der Waals surface area contributed by atoms with Crippen LogP contribution in [0.3, 0.4) is 0 Å². The zero-order valence-corrected chi connectivity index (χ0v) is 10.3. The maximum atomic E-state index is 12.3. The lowest BCUT2D eigenvalue weighted by atomic mass is 9.86. The third-order valence-corrected chi connectivity index (χ3v) is 3.79. The first-order valence-electron chi connectivity index (χ1n) is 6.05. The van der Waals surface area contributed by atoms with Gasteiger partial charge in [-0.05, 0) is 30.6 Å². The fraction of sp³-hybridized carbons (Fsp3) is 0.267. The van der Waals surface area contributed by atoms with E-state index in [4.69, 9.17) is 4.74 Å². The van der Waals surface area contributed by atoms with Gasteiger partial charge in [0.05, 0.1) is 6.61 Å². The molecule has 2 heterocycles. The van der Waals surface area contributed by atoms with Crippen LogP contribution in [-0.4, -0.2) is 12.5 Å². The van der Waals surface area contributed by atoms with Gasteiger partial charge in [0, 0.05) is 11.3 Å². The molecule has 0 unspecified atom stereocenters. The predicted octanol–water partition coefficient (Wildman–Crippen LogP) is 2.76. The van der Waals surface area contributed by atoms with E-state index in [0.717, 1.165) is 28.8 Å². The first kappa shape index (κ1) is 11.2. The van der Waals surface area contributed by atoms with E-state index in [-0.39, 0.29) is 5.91 Å². The smallest absolute Gasteiger partial charge is 0.265 e. The Hall–Kier alpha value is -1.87. The summed E-state index contributed by atoms with van der Waals surface area (Å²) in [5.74, 6) is -0.0831. The van der Waals surface area contributed by atoms with Gasteiger partial charge in [0.15, 0.2) is 5.60 Å². The zero-order chi connectivity index (χ0) is 12.8. The number of hydrogen-bond acceptors (Lipinski definition) is 2. The van der Waals surface area contributed by atoms with Crippen LogP contribution in [0.25, 0.3) is 0 Å². The predicted molar refractivity (Wildman–Crippen MR) is 70.2 cm³/mol. The van der Waals surface area contributed by atoms with E-state index in [2.05, 4.69) is 11.9 Å².